The summed E-state index contributed by atoms with van der Waals surface area (Å²) < 4.78 is 22.9. The van der Waals surface area contributed by atoms with Crippen molar-refractivity contribution in [2.45, 2.75) is 18.9 Å². The van der Waals surface area contributed by atoms with E-state index in [9.17, 15) is 14.0 Å². The summed E-state index contributed by atoms with van der Waals surface area (Å²) in [4.78, 5) is 25.1. The topological polar surface area (TPSA) is 55.8 Å². The Morgan fingerprint density at radius 3 is 2.90 bits per heavy atom. The number of likely N-dealkylation sites (tertiary alicyclic amines) is 1. The summed E-state index contributed by atoms with van der Waals surface area (Å²) in [5.74, 6) is -1.02. The minimum absolute atomic E-state index is 0.0914. The van der Waals surface area contributed by atoms with E-state index in [1.807, 2.05) is 0 Å². The molecule has 1 amide bonds. The molecule has 1 aromatic rings. The van der Waals surface area contributed by atoms with E-state index in [1.54, 1.807) is 0 Å². The second-order valence-corrected chi connectivity index (χ2v) is 5.04. The molecule has 1 heterocycles. The smallest absolute Gasteiger partial charge is 0.328 e. The number of amides is 1. The first-order chi connectivity index (χ1) is 10.0. The average molecular weight is 316 g/mol. The molecule has 1 atom stereocenters. The van der Waals surface area contributed by atoms with Crippen molar-refractivity contribution < 1.29 is 23.5 Å². The highest BCUT2D eigenvalue weighted by Crippen LogP contribution is 2.25. The molecule has 1 unspecified atom stereocenters. The molecule has 0 bridgehead atoms. The Labute approximate surface area is 126 Å². The molecule has 1 aliphatic heterocycles. The van der Waals surface area contributed by atoms with Crippen LogP contribution in [0.2, 0.25) is 5.02 Å². The Hall–Kier alpha value is -1.82. The van der Waals surface area contributed by atoms with Gasteiger partial charge < -0.3 is 14.4 Å². The zero-order valence-electron chi connectivity index (χ0n) is 11.5. The second-order valence-electron chi connectivity index (χ2n) is 4.63. The van der Waals surface area contributed by atoms with E-state index in [-0.39, 0.29) is 23.3 Å². The monoisotopic (exact) mass is 315 g/mol. The third-order valence-electron chi connectivity index (χ3n) is 3.29. The largest absolute Gasteiger partial charge is 0.482 e. The van der Waals surface area contributed by atoms with Gasteiger partial charge in [0.1, 0.15) is 17.6 Å². The molecule has 114 valence electrons. The number of hydrogen-bond donors (Lipinski definition) is 0. The van der Waals surface area contributed by atoms with Gasteiger partial charge >= 0.3 is 5.97 Å². The quantitative estimate of drug-likeness (QED) is 0.798. The van der Waals surface area contributed by atoms with Crippen molar-refractivity contribution >= 4 is 23.5 Å². The Balaban J connectivity index is 1.96. The van der Waals surface area contributed by atoms with Gasteiger partial charge in [0.25, 0.3) is 5.91 Å². The van der Waals surface area contributed by atoms with E-state index < -0.39 is 17.8 Å². The summed E-state index contributed by atoms with van der Waals surface area (Å²) in [6, 6.07) is 3.09. The SMILES string of the molecule is COC(=O)C1CCCN1C(=O)COc1ccc(F)cc1Cl. The molecule has 0 saturated carbocycles. The van der Waals surface area contributed by atoms with Gasteiger partial charge in [-0.25, -0.2) is 9.18 Å². The Morgan fingerprint density at radius 2 is 2.24 bits per heavy atom. The van der Waals surface area contributed by atoms with Gasteiger partial charge in [0.2, 0.25) is 0 Å². The van der Waals surface area contributed by atoms with Gasteiger partial charge in [-0.1, -0.05) is 11.6 Å². The summed E-state index contributed by atoms with van der Waals surface area (Å²) in [5, 5.41) is 0.0914. The predicted octanol–water partition coefficient (Wildman–Crippen LogP) is 2.02. The van der Waals surface area contributed by atoms with Crippen molar-refractivity contribution in [3.05, 3.63) is 29.0 Å². The third-order valence-corrected chi connectivity index (χ3v) is 3.59. The molecule has 1 aliphatic rings. The van der Waals surface area contributed by atoms with Gasteiger partial charge in [-0.05, 0) is 31.0 Å². The van der Waals surface area contributed by atoms with Gasteiger partial charge in [-0.15, -0.1) is 0 Å². The van der Waals surface area contributed by atoms with Crippen LogP contribution in [0, 0.1) is 5.82 Å². The minimum atomic E-state index is -0.560. The number of carbonyl (C=O) groups is 2. The number of halogens is 2. The first kappa shape index (κ1) is 15.6. The summed E-state index contributed by atoms with van der Waals surface area (Å²) >= 11 is 5.81. The van der Waals surface area contributed by atoms with Crippen LogP contribution < -0.4 is 4.74 Å². The van der Waals surface area contributed by atoms with Crippen molar-refractivity contribution in [3.8, 4) is 5.75 Å². The van der Waals surface area contributed by atoms with E-state index in [4.69, 9.17) is 16.3 Å². The molecule has 5 nitrogen and oxygen atoms in total. The molecule has 0 aromatic heterocycles. The van der Waals surface area contributed by atoms with Crippen molar-refractivity contribution in [3.63, 3.8) is 0 Å². The zero-order chi connectivity index (χ0) is 15.4. The number of rotatable bonds is 4. The Bertz CT molecular complexity index is 552. The fourth-order valence-corrected chi connectivity index (χ4v) is 2.48. The van der Waals surface area contributed by atoms with Crippen LogP contribution in [0.4, 0.5) is 4.39 Å². The number of hydrogen-bond acceptors (Lipinski definition) is 4. The van der Waals surface area contributed by atoms with Crippen molar-refractivity contribution in [2.75, 3.05) is 20.3 Å². The van der Waals surface area contributed by atoms with E-state index in [0.717, 1.165) is 12.5 Å². The molecular formula is C14H15ClFNO4. The highest BCUT2D eigenvalue weighted by molar-refractivity contribution is 6.32. The zero-order valence-corrected chi connectivity index (χ0v) is 12.2. The van der Waals surface area contributed by atoms with Gasteiger partial charge in [-0.2, -0.15) is 0 Å². The molecular weight excluding hydrogens is 301 g/mol. The predicted molar refractivity (Wildman–Crippen MR) is 73.7 cm³/mol. The first-order valence-corrected chi connectivity index (χ1v) is 6.86. The first-order valence-electron chi connectivity index (χ1n) is 6.48. The van der Waals surface area contributed by atoms with Gasteiger partial charge in [0.05, 0.1) is 12.1 Å². The van der Waals surface area contributed by atoms with Crippen molar-refractivity contribution in [2.24, 2.45) is 0 Å². The van der Waals surface area contributed by atoms with Crippen LogP contribution in [0.25, 0.3) is 0 Å². The Morgan fingerprint density at radius 1 is 1.48 bits per heavy atom. The molecule has 7 heteroatoms. The van der Waals surface area contributed by atoms with E-state index >= 15 is 0 Å². The van der Waals surface area contributed by atoms with Gasteiger partial charge in [0.15, 0.2) is 6.61 Å². The highest BCUT2D eigenvalue weighted by Gasteiger charge is 2.34. The third kappa shape index (κ3) is 3.64. The molecule has 1 aromatic carbocycles. The van der Waals surface area contributed by atoms with Crippen LogP contribution in [-0.2, 0) is 14.3 Å². The number of benzene rings is 1. The molecule has 0 radical (unpaired) electrons. The number of ether oxygens (including phenoxy) is 2. The van der Waals surface area contributed by atoms with Gasteiger partial charge in [-0.3, -0.25) is 4.79 Å². The summed E-state index contributed by atoms with van der Waals surface area (Å²) in [6.07, 6.45) is 1.32. The molecule has 1 fully saturated rings. The van der Waals surface area contributed by atoms with Crippen LogP contribution in [-0.4, -0.2) is 43.1 Å². The van der Waals surface area contributed by atoms with Crippen LogP contribution in [0.5, 0.6) is 5.75 Å². The van der Waals surface area contributed by atoms with Crippen LogP contribution in [0.3, 0.4) is 0 Å². The fraction of sp³-hybridized carbons (Fsp3) is 0.429. The van der Waals surface area contributed by atoms with Crippen molar-refractivity contribution in [1.82, 2.24) is 4.90 Å². The van der Waals surface area contributed by atoms with Crippen LogP contribution in [0.15, 0.2) is 18.2 Å². The highest BCUT2D eigenvalue weighted by atomic mass is 35.5. The number of esters is 1. The number of methoxy groups -OCH3 is 1. The average Bonchev–Trinajstić information content (AvgIpc) is 2.94. The maximum absolute atomic E-state index is 12.9. The lowest BCUT2D eigenvalue weighted by molar-refractivity contribution is -0.151. The van der Waals surface area contributed by atoms with E-state index in [2.05, 4.69) is 4.74 Å². The standard InChI is InChI=1S/C14H15ClFNO4/c1-20-14(19)11-3-2-6-17(11)13(18)8-21-12-5-4-9(16)7-10(12)15/h4-5,7,11H,2-3,6,8H2,1H3. The van der Waals surface area contributed by atoms with Crippen LogP contribution >= 0.6 is 11.6 Å². The number of carbonyl (C=O) groups excluding carboxylic acids is 2. The van der Waals surface area contributed by atoms with Crippen LogP contribution in [0.1, 0.15) is 12.8 Å². The molecule has 0 spiro atoms. The lowest BCUT2D eigenvalue weighted by Crippen LogP contribution is -2.43. The summed E-state index contributed by atoms with van der Waals surface area (Å²) in [7, 11) is 1.29. The molecule has 0 N–H and O–H groups in total. The summed E-state index contributed by atoms with van der Waals surface area (Å²) in [5.41, 5.74) is 0. The lowest BCUT2D eigenvalue weighted by Gasteiger charge is -2.22. The van der Waals surface area contributed by atoms with Gasteiger partial charge in [0, 0.05) is 6.54 Å². The molecule has 2 rings (SSSR count). The summed E-state index contributed by atoms with van der Waals surface area (Å²) in [6.45, 7) is 0.220. The molecule has 1 saturated heterocycles. The minimum Gasteiger partial charge on any atom is -0.482 e. The lowest BCUT2D eigenvalue weighted by atomic mass is 10.2. The normalized spacial score (nSPS) is 17.7. The fourth-order valence-electron chi connectivity index (χ4n) is 2.26. The molecule has 21 heavy (non-hydrogen) atoms. The second kappa shape index (κ2) is 6.76. The van der Waals surface area contributed by atoms with Crippen molar-refractivity contribution in [1.29, 1.82) is 0 Å². The molecule has 0 aliphatic carbocycles. The number of nitrogens with zero attached hydrogens (tertiary/aromatic N) is 1. The maximum Gasteiger partial charge on any atom is 0.328 e. The Kier molecular flexibility index (Phi) is 5.01. The maximum atomic E-state index is 12.9. The van der Waals surface area contributed by atoms with E-state index in [1.165, 1.54) is 24.1 Å². The van der Waals surface area contributed by atoms with E-state index in [0.29, 0.717) is 13.0 Å².